The van der Waals surface area contributed by atoms with E-state index in [1.807, 2.05) is 0 Å². The Morgan fingerprint density at radius 3 is 1.87 bits per heavy atom. The fraction of sp³-hybridized carbons (Fsp3) is 0.333. The van der Waals surface area contributed by atoms with Gasteiger partial charge in [-0.2, -0.15) is 13.2 Å². The van der Waals surface area contributed by atoms with Crippen LogP contribution in [0.25, 0.3) is 0 Å². The van der Waals surface area contributed by atoms with Gasteiger partial charge in [0.05, 0.1) is 10.5 Å². The summed E-state index contributed by atoms with van der Waals surface area (Å²) in [6.07, 6.45) is -4.47. The Balaban J connectivity index is 3.39. The van der Waals surface area contributed by atoms with E-state index in [0.717, 1.165) is 12.1 Å². The number of nitrogens with zero attached hydrogens (tertiary/aromatic N) is 1. The standard InChI is InChI=1S/C9H8F3NO2/c1-5-3-7(9(10,11)12)4-6(2)8(5)13(14)15/h3-4H,1-2H3. The molecule has 0 radical (unpaired) electrons. The lowest BCUT2D eigenvalue weighted by Gasteiger charge is -2.09. The fourth-order valence-corrected chi connectivity index (χ4v) is 1.41. The van der Waals surface area contributed by atoms with Crippen LogP contribution in [-0.4, -0.2) is 4.92 Å². The first-order valence-electron chi connectivity index (χ1n) is 4.06. The SMILES string of the molecule is Cc1cc(C(F)(F)F)cc(C)c1[N+](=O)[O-]. The summed E-state index contributed by atoms with van der Waals surface area (Å²) in [7, 11) is 0. The summed E-state index contributed by atoms with van der Waals surface area (Å²) in [6.45, 7) is 2.58. The van der Waals surface area contributed by atoms with Crippen LogP contribution in [0.3, 0.4) is 0 Å². The molecular weight excluding hydrogens is 211 g/mol. The number of halogens is 3. The van der Waals surface area contributed by atoms with Gasteiger partial charge in [0.25, 0.3) is 5.69 Å². The Hall–Kier alpha value is -1.59. The van der Waals surface area contributed by atoms with Gasteiger partial charge in [0, 0.05) is 11.1 Å². The molecule has 0 spiro atoms. The van der Waals surface area contributed by atoms with E-state index in [0.29, 0.717) is 0 Å². The van der Waals surface area contributed by atoms with Crippen molar-refractivity contribution in [3.05, 3.63) is 38.9 Å². The van der Waals surface area contributed by atoms with Crippen LogP contribution in [-0.2, 0) is 6.18 Å². The van der Waals surface area contributed by atoms with E-state index in [1.165, 1.54) is 13.8 Å². The van der Waals surface area contributed by atoms with Gasteiger partial charge < -0.3 is 0 Å². The van der Waals surface area contributed by atoms with E-state index >= 15 is 0 Å². The number of aryl methyl sites for hydroxylation is 2. The highest BCUT2D eigenvalue weighted by atomic mass is 19.4. The van der Waals surface area contributed by atoms with E-state index in [9.17, 15) is 23.3 Å². The Morgan fingerprint density at radius 2 is 1.60 bits per heavy atom. The van der Waals surface area contributed by atoms with Crippen molar-refractivity contribution in [2.45, 2.75) is 20.0 Å². The summed E-state index contributed by atoms with van der Waals surface area (Å²) < 4.78 is 36.9. The molecular formula is C9H8F3NO2. The Bertz CT molecular complexity index is 389. The van der Waals surface area contributed by atoms with Crippen molar-refractivity contribution in [3.8, 4) is 0 Å². The van der Waals surface area contributed by atoms with Crippen molar-refractivity contribution in [3.63, 3.8) is 0 Å². The van der Waals surface area contributed by atoms with Crippen molar-refractivity contribution in [2.24, 2.45) is 0 Å². The molecule has 0 saturated carbocycles. The van der Waals surface area contributed by atoms with Gasteiger partial charge in [0.2, 0.25) is 0 Å². The normalized spacial score (nSPS) is 11.5. The number of hydrogen-bond acceptors (Lipinski definition) is 2. The van der Waals surface area contributed by atoms with Crippen LogP contribution in [0.1, 0.15) is 16.7 Å². The predicted molar refractivity (Wildman–Crippen MR) is 47.6 cm³/mol. The summed E-state index contributed by atoms with van der Waals surface area (Å²) in [5.41, 5.74) is -1.08. The van der Waals surface area contributed by atoms with Crippen LogP contribution >= 0.6 is 0 Å². The van der Waals surface area contributed by atoms with Crippen molar-refractivity contribution in [1.82, 2.24) is 0 Å². The third kappa shape index (κ3) is 2.26. The number of alkyl halides is 3. The summed E-state index contributed by atoms with van der Waals surface area (Å²) in [6, 6.07) is 1.57. The lowest BCUT2D eigenvalue weighted by molar-refractivity contribution is -0.386. The maximum absolute atomic E-state index is 12.3. The number of benzene rings is 1. The van der Waals surface area contributed by atoms with Gasteiger partial charge in [-0.25, -0.2) is 0 Å². The van der Waals surface area contributed by atoms with E-state index < -0.39 is 16.7 Å². The van der Waals surface area contributed by atoms with Gasteiger partial charge in [-0.15, -0.1) is 0 Å². The molecule has 15 heavy (non-hydrogen) atoms. The summed E-state index contributed by atoms with van der Waals surface area (Å²) in [5, 5.41) is 10.5. The van der Waals surface area contributed by atoms with Gasteiger partial charge in [0.15, 0.2) is 0 Å². The topological polar surface area (TPSA) is 43.1 Å². The van der Waals surface area contributed by atoms with Crippen molar-refractivity contribution in [1.29, 1.82) is 0 Å². The largest absolute Gasteiger partial charge is 0.416 e. The smallest absolute Gasteiger partial charge is 0.258 e. The van der Waals surface area contributed by atoms with Crippen LogP contribution in [0.4, 0.5) is 18.9 Å². The Labute approximate surface area is 83.7 Å². The van der Waals surface area contributed by atoms with Crippen LogP contribution < -0.4 is 0 Å². The van der Waals surface area contributed by atoms with E-state index in [1.54, 1.807) is 0 Å². The molecule has 3 nitrogen and oxygen atoms in total. The quantitative estimate of drug-likeness (QED) is 0.537. The van der Waals surface area contributed by atoms with E-state index in [-0.39, 0.29) is 16.8 Å². The van der Waals surface area contributed by atoms with Gasteiger partial charge in [0.1, 0.15) is 0 Å². The highest BCUT2D eigenvalue weighted by Crippen LogP contribution is 2.34. The van der Waals surface area contributed by atoms with E-state index in [2.05, 4.69) is 0 Å². The van der Waals surface area contributed by atoms with Gasteiger partial charge in [-0.05, 0) is 26.0 Å². The molecule has 0 N–H and O–H groups in total. The molecule has 0 aliphatic carbocycles. The molecule has 82 valence electrons. The Kier molecular flexibility index (Phi) is 2.70. The molecule has 0 fully saturated rings. The van der Waals surface area contributed by atoms with Crippen LogP contribution in [0.15, 0.2) is 12.1 Å². The fourth-order valence-electron chi connectivity index (χ4n) is 1.41. The van der Waals surface area contributed by atoms with Gasteiger partial charge >= 0.3 is 6.18 Å². The molecule has 0 bridgehead atoms. The molecule has 0 heterocycles. The number of rotatable bonds is 1. The summed E-state index contributed by atoms with van der Waals surface area (Å²) >= 11 is 0. The molecule has 1 rings (SSSR count). The monoisotopic (exact) mass is 219 g/mol. The average molecular weight is 219 g/mol. The minimum Gasteiger partial charge on any atom is -0.258 e. The highest BCUT2D eigenvalue weighted by molar-refractivity contribution is 5.49. The molecule has 6 heteroatoms. The van der Waals surface area contributed by atoms with Crippen LogP contribution in [0, 0.1) is 24.0 Å². The predicted octanol–water partition coefficient (Wildman–Crippen LogP) is 3.23. The summed E-state index contributed by atoms with van der Waals surface area (Å²) in [5.74, 6) is 0. The first kappa shape index (κ1) is 11.5. The third-order valence-electron chi connectivity index (χ3n) is 2.00. The molecule has 0 unspecified atom stereocenters. The van der Waals surface area contributed by atoms with E-state index in [4.69, 9.17) is 0 Å². The molecule has 0 amide bonds. The van der Waals surface area contributed by atoms with Crippen molar-refractivity contribution >= 4 is 5.69 Å². The highest BCUT2D eigenvalue weighted by Gasteiger charge is 2.32. The van der Waals surface area contributed by atoms with Gasteiger partial charge in [-0.1, -0.05) is 0 Å². The van der Waals surface area contributed by atoms with Crippen LogP contribution in [0.2, 0.25) is 0 Å². The zero-order valence-electron chi connectivity index (χ0n) is 8.05. The molecule has 0 aromatic heterocycles. The lowest BCUT2D eigenvalue weighted by Crippen LogP contribution is -2.07. The minimum absolute atomic E-state index is 0.0207. The molecule has 0 atom stereocenters. The molecule has 1 aromatic carbocycles. The number of hydrogen-bond donors (Lipinski definition) is 0. The number of nitro benzene ring substituents is 1. The maximum atomic E-state index is 12.3. The Morgan fingerprint density at radius 1 is 1.20 bits per heavy atom. The zero-order valence-corrected chi connectivity index (χ0v) is 8.05. The molecule has 0 saturated heterocycles. The number of nitro groups is 1. The third-order valence-corrected chi connectivity index (χ3v) is 2.00. The second-order valence-corrected chi connectivity index (χ2v) is 3.21. The molecule has 0 aliphatic rings. The molecule has 1 aromatic rings. The first-order valence-corrected chi connectivity index (χ1v) is 4.06. The second kappa shape index (κ2) is 3.52. The van der Waals surface area contributed by atoms with Gasteiger partial charge in [-0.3, -0.25) is 10.1 Å². The average Bonchev–Trinajstić information content (AvgIpc) is 1.99. The second-order valence-electron chi connectivity index (χ2n) is 3.21. The van der Waals surface area contributed by atoms with Crippen LogP contribution in [0.5, 0.6) is 0 Å². The van der Waals surface area contributed by atoms with Crippen molar-refractivity contribution < 1.29 is 18.1 Å². The summed E-state index contributed by atoms with van der Waals surface area (Å²) in [4.78, 5) is 9.85. The zero-order chi connectivity index (χ0) is 11.8. The molecule has 0 aliphatic heterocycles. The minimum atomic E-state index is -4.47. The lowest BCUT2D eigenvalue weighted by atomic mass is 10.0. The first-order chi connectivity index (χ1) is 6.73. The maximum Gasteiger partial charge on any atom is 0.416 e. The van der Waals surface area contributed by atoms with Crippen molar-refractivity contribution in [2.75, 3.05) is 0 Å².